The molecule has 1 aliphatic carbocycles. The van der Waals surface area contributed by atoms with Crippen LogP contribution in [0.25, 0.3) is 0 Å². The van der Waals surface area contributed by atoms with Crippen LogP contribution in [0.1, 0.15) is 56.6 Å². The van der Waals surface area contributed by atoms with Gasteiger partial charge in [-0.2, -0.15) is 0 Å². The van der Waals surface area contributed by atoms with Crippen LogP contribution in [0.2, 0.25) is 0 Å². The third-order valence-electron chi connectivity index (χ3n) is 5.93. The summed E-state index contributed by atoms with van der Waals surface area (Å²) in [4.78, 5) is 34.7. The van der Waals surface area contributed by atoms with Crippen molar-refractivity contribution in [1.82, 2.24) is 5.32 Å². The van der Waals surface area contributed by atoms with E-state index in [0.29, 0.717) is 11.1 Å². The number of nitrogens with one attached hydrogen (secondary N) is 2. The van der Waals surface area contributed by atoms with E-state index < -0.39 is 5.97 Å². The number of hydrogen-bond acceptors (Lipinski definition) is 6. The fourth-order valence-corrected chi connectivity index (χ4v) is 4.39. The highest BCUT2D eigenvalue weighted by Crippen LogP contribution is 2.49. The standard InChI is InChI=1S/C24H24N2O5/c1-31-24(30)15-7-5-14(6-8-15)22-18-4-2-3-17(18)19-13-16(9-10-20(19)26-22)23(29)25-12-11-21(27)28/h2-3,5-10,13,17-18,22,26H,4,11-12H2,1H3,(H,25,29)(H,27,28)/p-1/t17-,18+,22+/m0/s1. The molecule has 2 aliphatic rings. The molecule has 7 nitrogen and oxygen atoms in total. The third-order valence-corrected chi connectivity index (χ3v) is 5.93. The number of carboxylic acids is 1. The lowest BCUT2D eigenvalue weighted by Crippen LogP contribution is -2.32. The number of aliphatic carboxylic acids is 1. The molecule has 1 aliphatic heterocycles. The van der Waals surface area contributed by atoms with Crippen molar-refractivity contribution in [3.8, 4) is 0 Å². The second-order valence-electron chi connectivity index (χ2n) is 7.77. The second kappa shape index (κ2) is 8.63. The first-order chi connectivity index (χ1) is 15.0. The number of methoxy groups -OCH3 is 1. The van der Waals surface area contributed by atoms with Crippen molar-refractivity contribution < 1.29 is 24.2 Å². The number of esters is 1. The molecule has 2 aromatic carbocycles. The molecular weight excluding hydrogens is 396 g/mol. The van der Waals surface area contributed by atoms with Gasteiger partial charge in [-0.1, -0.05) is 24.3 Å². The number of amides is 1. The van der Waals surface area contributed by atoms with Crippen LogP contribution in [0.15, 0.2) is 54.6 Å². The minimum Gasteiger partial charge on any atom is -0.550 e. The molecule has 160 valence electrons. The summed E-state index contributed by atoms with van der Waals surface area (Å²) >= 11 is 0. The highest BCUT2D eigenvalue weighted by Gasteiger charge is 2.38. The van der Waals surface area contributed by atoms with E-state index in [4.69, 9.17) is 4.74 Å². The predicted octanol–water partition coefficient (Wildman–Crippen LogP) is 2.17. The van der Waals surface area contributed by atoms with E-state index in [2.05, 4.69) is 22.8 Å². The van der Waals surface area contributed by atoms with Crippen LogP contribution in [-0.2, 0) is 9.53 Å². The van der Waals surface area contributed by atoms with Crippen LogP contribution in [0, 0.1) is 5.92 Å². The van der Waals surface area contributed by atoms with Crippen molar-refractivity contribution in [1.29, 1.82) is 0 Å². The largest absolute Gasteiger partial charge is 0.550 e. The maximum absolute atomic E-state index is 12.4. The Kier molecular flexibility index (Phi) is 5.75. The summed E-state index contributed by atoms with van der Waals surface area (Å²) < 4.78 is 4.77. The van der Waals surface area contributed by atoms with E-state index in [9.17, 15) is 19.5 Å². The lowest BCUT2D eigenvalue weighted by molar-refractivity contribution is -0.305. The molecule has 0 aromatic heterocycles. The zero-order chi connectivity index (χ0) is 22.0. The molecule has 1 amide bonds. The Morgan fingerprint density at radius 2 is 1.87 bits per heavy atom. The summed E-state index contributed by atoms with van der Waals surface area (Å²) in [5.41, 5.74) is 4.10. The molecule has 2 aromatic rings. The first-order valence-electron chi connectivity index (χ1n) is 10.2. The zero-order valence-electron chi connectivity index (χ0n) is 17.1. The van der Waals surface area contributed by atoms with Crippen molar-refractivity contribution >= 4 is 23.5 Å². The molecule has 1 heterocycles. The lowest BCUT2D eigenvalue weighted by Gasteiger charge is -2.37. The number of carbonyl (C=O) groups is 3. The summed E-state index contributed by atoms with van der Waals surface area (Å²) in [6.07, 6.45) is 5.02. The van der Waals surface area contributed by atoms with Gasteiger partial charge in [-0.3, -0.25) is 4.79 Å². The van der Waals surface area contributed by atoms with Crippen LogP contribution in [0.4, 0.5) is 5.69 Å². The molecule has 0 unspecified atom stereocenters. The van der Waals surface area contributed by atoms with Crippen molar-refractivity contribution in [2.24, 2.45) is 5.92 Å². The topological polar surface area (TPSA) is 108 Å². The van der Waals surface area contributed by atoms with Gasteiger partial charge >= 0.3 is 5.97 Å². The van der Waals surface area contributed by atoms with Gasteiger partial charge in [0.15, 0.2) is 0 Å². The minimum atomic E-state index is -1.19. The van der Waals surface area contributed by atoms with Crippen LogP contribution < -0.4 is 15.7 Å². The fourth-order valence-electron chi connectivity index (χ4n) is 4.39. The van der Waals surface area contributed by atoms with Crippen molar-refractivity contribution in [3.05, 3.63) is 76.9 Å². The molecule has 0 fully saturated rings. The molecule has 3 atom stereocenters. The molecule has 2 N–H and O–H groups in total. The summed E-state index contributed by atoms with van der Waals surface area (Å²) in [5.74, 6) is -1.41. The van der Waals surface area contributed by atoms with E-state index in [1.54, 1.807) is 18.2 Å². The van der Waals surface area contributed by atoms with Gasteiger partial charge in [0.25, 0.3) is 5.91 Å². The van der Waals surface area contributed by atoms with Gasteiger partial charge in [-0.15, -0.1) is 0 Å². The van der Waals surface area contributed by atoms with Gasteiger partial charge in [0.1, 0.15) is 0 Å². The minimum absolute atomic E-state index is 0.0338. The summed E-state index contributed by atoms with van der Waals surface area (Å²) in [7, 11) is 1.36. The Morgan fingerprint density at radius 1 is 1.13 bits per heavy atom. The van der Waals surface area contributed by atoms with E-state index in [1.165, 1.54) is 7.11 Å². The summed E-state index contributed by atoms with van der Waals surface area (Å²) in [6, 6.07) is 13.0. The predicted molar refractivity (Wildman–Crippen MR) is 113 cm³/mol. The smallest absolute Gasteiger partial charge is 0.337 e. The number of fused-ring (bicyclic) bond motifs is 3. The third kappa shape index (κ3) is 4.17. The average molecular weight is 419 g/mol. The maximum Gasteiger partial charge on any atom is 0.337 e. The number of benzene rings is 2. The van der Waals surface area contributed by atoms with Gasteiger partial charge in [0.05, 0.1) is 18.7 Å². The van der Waals surface area contributed by atoms with Gasteiger partial charge < -0.3 is 25.3 Å². The first-order valence-corrected chi connectivity index (χ1v) is 10.2. The zero-order valence-corrected chi connectivity index (χ0v) is 17.1. The number of carboxylic acid groups (broad SMARTS) is 1. The molecule has 31 heavy (non-hydrogen) atoms. The van der Waals surface area contributed by atoms with Crippen molar-refractivity contribution in [2.45, 2.75) is 24.8 Å². The average Bonchev–Trinajstić information content (AvgIpc) is 3.28. The van der Waals surface area contributed by atoms with Crippen molar-refractivity contribution in [2.75, 3.05) is 19.0 Å². The quantitative estimate of drug-likeness (QED) is 0.549. The van der Waals surface area contributed by atoms with Gasteiger partial charge in [0, 0.05) is 36.1 Å². The highest BCUT2D eigenvalue weighted by atomic mass is 16.5. The maximum atomic E-state index is 12.4. The van der Waals surface area contributed by atoms with Crippen LogP contribution in [0.5, 0.6) is 0 Å². The number of carbonyl (C=O) groups excluding carboxylic acids is 3. The molecule has 4 rings (SSSR count). The van der Waals surface area contributed by atoms with E-state index in [0.717, 1.165) is 23.2 Å². The molecule has 0 spiro atoms. The summed E-state index contributed by atoms with van der Waals surface area (Å²) in [5, 5.41) is 16.8. The number of anilines is 1. The molecule has 0 saturated carbocycles. The van der Waals surface area contributed by atoms with Crippen LogP contribution in [0.3, 0.4) is 0 Å². The molecule has 0 radical (unpaired) electrons. The molecular formula is C24H23N2O5-. The second-order valence-corrected chi connectivity index (χ2v) is 7.77. The molecule has 0 saturated heterocycles. The van der Waals surface area contributed by atoms with E-state index in [1.807, 2.05) is 24.3 Å². The normalized spacial score (nSPS) is 20.9. The monoisotopic (exact) mass is 419 g/mol. The number of ether oxygens (including phenoxy) is 1. The molecule has 0 bridgehead atoms. The van der Waals surface area contributed by atoms with Crippen LogP contribution in [-0.4, -0.2) is 31.5 Å². The van der Waals surface area contributed by atoms with Gasteiger partial charge in [0.2, 0.25) is 0 Å². The Labute approximate surface area is 180 Å². The first kappa shape index (κ1) is 20.7. The van der Waals surface area contributed by atoms with Crippen molar-refractivity contribution in [3.63, 3.8) is 0 Å². The Morgan fingerprint density at radius 3 is 2.58 bits per heavy atom. The number of allylic oxidation sites excluding steroid dienone is 2. The van der Waals surface area contributed by atoms with Gasteiger partial charge in [-0.05, 0) is 53.8 Å². The lowest BCUT2D eigenvalue weighted by atomic mass is 9.76. The van der Waals surface area contributed by atoms with E-state index in [-0.39, 0.29) is 42.7 Å². The van der Waals surface area contributed by atoms with E-state index >= 15 is 0 Å². The molecule has 7 heteroatoms. The highest BCUT2D eigenvalue weighted by molar-refractivity contribution is 5.95. The fraction of sp³-hybridized carbons (Fsp3) is 0.292. The van der Waals surface area contributed by atoms with Gasteiger partial charge in [-0.25, -0.2) is 4.79 Å². The summed E-state index contributed by atoms with van der Waals surface area (Å²) in [6.45, 7) is 0.0338. The Balaban J connectivity index is 1.57. The Hall–Kier alpha value is -3.61. The van der Waals surface area contributed by atoms with Crippen LogP contribution >= 0.6 is 0 Å². The SMILES string of the molecule is COC(=O)c1ccc([C@H]2Nc3ccc(C(=O)NCCC(=O)[O-])cc3[C@H]3C=CC[C@H]32)cc1. The number of rotatable bonds is 6. The number of hydrogen-bond donors (Lipinski definition) is 2. The Bertz CT molecular complexity index is 1040.